The van der Waals surface area contributed by atoms with Gasteiger partial charge in [-0.15, -0.1) is 0 Å². The largest absolute Gasteiger partial charge is 0.372 e. The standard InChI is InChI=1S/C21H25N/c1-4-22(5-2)21-16-14-20(15-17-21)9-7-6-8-19-12-10-18(3)11-13-19/h6-17H,4-5H2,1-3H3. The average molecular weight is 291 g/mol. The third kappa shape index (κ3) is 4.63. The molecule has 0 amide bonds. The molecule has 0 N–H and O–H groups in total. The van der Waals surface area contributed by atoms with Gasteiger partial charge in [-0.25, -0.2) is 0 Å². The van der Waals surface area contributed by atoms with Crippen LogP contribution in [-0.2, 0) is 0 Å². The highest BCUT2D eigenvalue weighted by molar-refractivity contribution is 5.59. The predicted octanol–water partition coefficient (Wildman–Crippen LogP) is 5.57. The van der Waals surface area contributed by atoms with Crippen molar-refractivity contribution in [1.82, 2.24) is 0 Å². The van der Waals surface area contributed by atoms with E-state index in [1.165, 1.54) is 22.4 Å². The van der Waals surface area contributed by atoms with E-state index in [2.05, 4.69) is 98.5 Å². The Morgan fingerprint density at radius 2 is 1.18 bits per heavy atom. The van der Waals surface area contributed by atoms with Gasteiger partial charge in [0, 0.05) is 18.8 Å². The normalized spacial score (nSPS) is 11.4. The van der Waals surface area contributed by atoms with Crippen LogP contribution in [0.3, 0.4) is 0 Å². The van der Waals surface area contributed by atoms with E-state index >= 15 is 0 Å². The van der Waals surface area contributed by atoms with Gasteiger partial charge < -0.3 is 4.90 Å². The lowest BCUT2D eigenvalue weighted by Crippen LogP contribution is -2.21. The molecular weight excluding hydrogens is 266 g/mol. The third-order valence-corrected chi connectivity index (χ3v) is 3.79. The Morgan fingerprint density at radius 3 is 1.64 bits per heavy atom. The van der Waals surface area contributed by atoms with Gasteiger partial charge in [0.15, 0.2) is 0 Å². The quantitative estimate of drug-likeness (QED) is 0.629. The molecule has 0 aliphatic carbocycles. The van der Waals surface area contributed by atoms with E-state index in [0.717, 1.165) is 13.1 Å². The molecule has 0 atom stereocenters. The maximum atomic E-state index is 2.35. The number of hydrogen-bond donors (Lipinski definition) is 0. The van der Waals surface area contributed by atoms with E-state index in [0.29, 0.717) is 0 Å². The lowest BCUT2D eigenvalue weighted by atomic mass is 10.1. The molecule has 2 aromatic carbocycles. The number of aryl methyl sites for hydroxylation is 1. The van der Waals surface area contributed by atoms with Crippen LogP contribution in [0.25, 0.3) is 12.2 Å². The van der Waals surface area contributed by atoms with Crippen LogP contribution < -0.4 is 4.90 Å². The van der Waals surface area contributed by atoms with Crippen molar-refractivity contribution in [2.24, 2.45) is 0 Å². The summed E-state index contributed by atoms with van der Waals surface area (Å²) in [5.74, 6) is 0. The van der Waals surface area contributed by atoms with Crippen molar-refractivity contribution in [2.75, 3.05) is 18.0 Å². The lowest BCUT2D eigenvalue weighted by molar-refractivity contribution is 0.866. The summed E-state index contributed by atoms with van der Waals surface area (Å²) in [7, 11) is 0. The molecule has 1 nitrogen and oxygen atoms in total. The number of allylic oxidation sites excluding steroid dienone is 2. The monoisotopic (exact) mass is 291 g/mol. The first kappa shape index (κ1) is 16.1. The van der Waals surface area contributed by atoms with Crippen LogP contribution in [0.15, 0.2) is 60.7 Å². The SMILES string of the molecule is CCN(CC)c1ccc(C=CC=Cc2ccc(C)cc2)cc1. The molecule has 0 heterocycles. The third-order valence-electron chi connectivity index (χ3n) is 3.79. The van der Waals surface area contributed by atoms with Crippen LogP contribution in [-0.4, -0.2) is 13.1 Å². The van der Waals surface area contributed by atoms with E-state index in [-0.39, 0.29) is 0 Å². The van der Waals surface area contributed by atoms with E-state index in [1.54, 1.807) is 0 Å². The summed E-state index contributed by atoms with van der Waals surface area (Å²) in [5.41, 5.74) is 5.04. The molecular formula is C21H25N. The smallest absolute Gasteiger partial charge is 0.0366 e. The van der Waals surface area contributed by atoms with Gasteiger partial charge in [-0.3, -0.25) is 0 Å². The van der Waals surface area contributed by atoms with Gasteiger partial charge in [0.2, 0.25) is 0 Å². The minimum Gasteiger partial charge on any atom is -0.372 e. The summed E-state index contributed by atoms with van der Waals surface area (Å²) < 4.78 is 0. The van der Waals surface area contributed by atoms with Crippen molar-refractivity contribution < 1.29 is 0 Å². The first-order chi connectivity index (χ1) is 10.7. The van der Waals surface area contributed by atoms with Crippen LogP contribution in [0.1, 0.15) is 30.5 Å². The van der Waals surface area contributed by atoms with Gasteiger partial charge >= 0.3 is 0 Å². The maximum Gasteiger partial charge on any atom is 0.0366 e. The Hall–Kier alpha value is -2.28. The van der Waals surface area contributed by atoms with E-state index in [4.69, 9.17) is 0 Å². The molecule has 0 aliphatic heterocycles. The van der Waals surface area contributed by atoms with E-state index in [9.17, 15) is 0 Å². The Kier molecular flexibility index (Phi) is 6.02. The summed E-state index contributed by atoms with van der Waals surface area (Å²) in [5, 5.41) is 0. The summed E-state index contributed by atoms with van der Waals surface area (Å²) >= 11 is 0. The van der Waals surface area contributed by atoms with Gasteiger partial charge in [-0.2, -0.15) is 0 Å². The number of nitrogens with zero attached hydrogens (tertiary/aromatic N) is 1. The van der Waals surface area contributed by atoms with Crippen molar-refractivity contribution in [3.63, 3.8) is 0 Å². The molecule has 22 heavy (non-hydrogen) atoms. The summed E-state index contributed by atoms with van der Waals surface area (Å²) in [6.45, 7) is 8.57. The minimum absolute atomic E-state index is 1.05. The molecule has 0 fully saturated rings. The summed E-state index contributed by atoms with van der Waals surface area (Å²) in [4.78, 5) is 2.35. The second kappa shape index (κ2) is 8.23. The predicted molar refractivity (Wildman–Crippen MR) is 99.3 cm³/mol. The molecule has 2 aromatic rings. The van der Waals surface area contributed by atoms with Gasteiger partial charge in [-0.05, 0) is 44.0 Å². The fourth-order valence-electron chi connectivity index (χ4n) is 2.40. The van der Waals surface area contributed by atoms with Crippen molar-refractivity contribution >= 4 is 17.8 Å². The molecule has 0 spiro atoms. The molecule has 0 radical (unpaired) electrons. The summed E-state index contributed by atoms with van der Waals surface area (Å²) in [6.07, 6.45) is 8.44. The van der Waals surface area contributed by atoms with Crippen molar-refractivity contribution in [3.8, 4) is 0 Å². The van der Waals surface area contributed by atoms with Gasteiger partial charge in [0.25, 0.3) is 0 Å². The molecule has 0 aliphatic rings. The van der Waals surface area contributed by atoms with Crippen LogP contribution in [0.2, 0.25) is 0 Å². The van der Waals surface area contributed by atoms with Crippen LogP contribution in [0, 0.1) is 6.92 Å². The lowest BCUT2D eigenvalue weighted by Gasteiger charge is -2.20. The molecule has 114 valence electrons. The molecule has 0 unspecified atom stereocenters. The van der Waals surface area contributed by atoms with Crippen molar-refractivity contribution in [2.45, 2.75) is 20.8 Å². The highest BCUT2D eigenvalue weighted by Crippen LogP contribution is 2.15. The van der Waals surface area contributed by atoms with Crippen molar-refractivity contribution in [3.05, 3.63) is 77.4 Å². The summed E-state index contributed by atoms with van der Waals surface area (Å²) in [6, 6.07) is 17.3. The number of rotatable bonds is 6. The molecule has 0 saturated carbocycles. The topological polar surface area (TPSA) is 3.24 Å². The second-order valence-electron chi connectivity index (χ2n) is 5.39. The second-order valence-corrected chi connectivity index (χ2v) is 5.39. The number of anilines is 1. The zero-order valence-electron chi connectivity index (χ0n) is 13.8. The Morgan fingerprint density at radius 1 is 0.727 bits per heavy atom. The maximum absolute atomic E-state index is 2.35. The molecule has 0 aromatic heterocycles. The highest BCUT2D eigenvalue weighted by Gasteiger charge is 1.99. The molecule has 2 rings (SSSR count). The average Bonchev–Trinajstić information content (AvgIpc) is 2.56. The number of hydrogen-bond acceptors (Lipinski definition) is 1. The fourth-order valence-corrected chi connectivity index (χ4v) is 2.40. The van der Waals surface area contributed by atoms with Gasteiger partial charge in [0.05, 0.1) is 0 Å². The molecule has 1 heteroatoms. The van der Waals surface area contributed by atoms with Crippen molar-refractivity contribution in [1.29, 1.82) is 0 Å². The van der Waals surface area contributed by atoms with Crippen LogP contribution in [0.4, 0.5) is 5.69 Å². The molecule has 0 bridgehead atoms. The van der Waals surface area contributed by atoms with Crippen LogP contribution >= 0.6 is 0 Å². The first-order valence-electron chi connectivity index (χ1n) is 7.99. The zero-order chi connectivity index (χ0) is 15.8. The van der Waals surface area contributed by atoms with Gasteiger partial charge in [-0.1, -0.05) is 66.3 Å². The minimum atomic E-state index is 1.05. The highest BCUT2D eigenvalue weighted by atomic mass is 15.1. The van der Waals surface area contributed by atoms with E-state index < -0.39 is 0 Å². The number of benzene rings is 2. The van der Waals surface area contributed by atoms with Crippen LogP contribution in [0.5, 0.6) is 0 Å². The first-order valence-corrected chi connectivity index (χ1v) is 7.99. The zero-order valence-corrected chi connectivity index (χ0v) is 13.8. The Bertz CT molecular complexity index is 614. The Balaban J connectivity index is 1.97. The Labute approximate surface area is 134 Å². The fraction of sp³-hybridized carbons (Fsp3) is 0.238. The van der Waals surface area contributed by atoms with E-state index in [1.807, 2.05) is 0 Å². The molecule has 0 saturated heterocycles. The van der Waals surface area contributed by atoms with Gasteiger partial charge in [0.1, 0.15) is 0 Å².